The summed E-state index contributed by atoms with van der Waals surface area (Å²) in [5.41, 5.74) is 1.35. The van der Waals surface area contributed by atoms with Crippen molar-refractivity contribution in [1.29, 1.82) is 0 Å². The van der Waals surface area contributed by atoms with Crippen molar-refractivity contribution >= 4 is 6.03 Å². The monoisotopic (exact) mass is 341 g/mol. The number of likely N-dealkylation sites (tertiary alicyclic amines) is 1. The van der Waals surface area contributed by atoms with Gasteiger partial charge in [-0.15, -0.1) is 0 Å². The molecule has 0 saturated carbocycles. The summed E-state index contributed by atoms with van der Waals surface area (Å²) in [5.74, 6) is 0. The SMILES string of the molecule is C[C@@H]1C[C@H](NC(=O)NCCn2ccnc2)CCN1Cc1ccccc1. The van der Waals surface area contributed by atoms with Crippen LogP contribution in [-0.4, -0.2) is 45.7 Å². The lowest BCUT2D eigenvalue weighted by Crippen LogP contribution is -2.51. The summed E-state index contributed by atoms with van der Waals surface area (Å²) in [6.45, 7) is 5.57. The Hall–Kier alpha value is -2.34. The molecule has 1 aliphatic rings. The Morgan fingerprint density at radius 3 is 2.88 bits per heavy atom. The van der Waals surface area contributed by atoms with E-state index in [1.165, 1.54) is 5.56 Å². The zero-order chi connectivity index (χ0) is 17.5. The Labute approximate surface area is 149 Å². The molecule has 2 N–H and O–H groups in total. The number of aromatic nitrogens is 2. The quantitative estimate of drug-likeness (QED) is 0.847. The molecule has 0 unspecified atom stereocenters. The van der Waals surface area contributed by atoms with E-state index in [1.54, 1.807) is 12.5 Å². The Morgan fingerprint density at radius 1 is 1.32 bits per heavy atom. The number of amides is 2. The van der Waals surface area contributed by atoms with Crippen molar-refractivity contribution in [3.63, 3.8) is 0 Å². The summed E-state index contributed by atoms with van der Waals surface area (Å²) in [7, 11) is 0. The first kappa shape index (κ1) is 17.5. The van der Waals surface area contributed by atoms with Gasteiger partial charge in [0.2, 0.25) is 0 Å². The van der Waals surface area contributed by atoms with Crippen LogP contribution in [0, 0.1) is 0 Å². The van der Waals surface area contributed by atoms with Gasteiger partial charge in [0.15, 0.2) is 0 Å². The second-order valence-corrected chi connectivity index (χ2v) is 6.73. The molecular weight excluding hydrogens is 314 g/mol. The van der Waals surface area contributed by atoms with Crippen molar-refractivity contribution in [2.75, 3.05) is 13.1 Å². The summed E-state index contributed by atoms with van der Waals surface area (Å²) in [6.07, 6.45) is 7.37. The summed E-state index contributed by atoms with van der Waals surface area (Å²) in [6, 6.07) is 11.2. The molecule has 2 amide bonds. The number of urea groups is 1. The first-order valence-corrected chi connectivity index (χ1v) is 8.99. The van der Waals surface area contributed by atoms with E-state index in [0.29, 0.717) is 12.6 Å². The minimum atomic E-state index is -0.0752. The average molecular weight is 341 g/mol. The molecule has 1 saturated heterocycles. The maximum atomic E-state index is 12.1. The van der Waals surface area contributed by atoms with Gasteiger partial charge in [0.1, 0.15) is 0 Å². The number of benzene rings is 1. The number of imidazole rings is 1. The highest BCUT2D eigenvalue weighted by atomic mass is 16.2. The summed E-state index contributed by atoms with van der Waals surface area (Å²) in [5, 5.41) is 6.03. The molecule has 1 aliphatic heterocycles. The Morgan fingerprint density at radius 2 is 2.16 bits per heavy atom. The standard InChI is InChI=1S/C19H27N5O/c1-16-13-18(7-10-24(16)14-17-5-3-2-4-6-17)22-19(25)21-9-12-23-11-8-20-15-23/h2-6,8,11,15-16,18H,7,9-10,12-14H2,1H3,(H2,21,22,25)/t16-,18-/m1/s1. The lowest BCUT2D eigenvalue weighted by atomic mass is 9.97. The van der Waals surface area contributed by atoms with Gasteiger partial charge in [0, 0.05) is 50.7 Å². The molecule has 3 rings (SSSR count). The highest BCUT2D eigenvalue weighted by Gasteiger charge is 2.26. The van der Waals surface area contributed by atoms with Crippen LogP contribution in [0.4, 0.5) is 4.79 Å². The molecule has 1 fully saturated rings. The smallest absolute Gasteiger partial charge is 0.315 e. The predicted molar refractivity (Wildman–Crippen MR) is 98.1 cm³/mol. The van der Waals surface area contributed by atoms with Crippen LogP contribution >= 0.6 is 0 Å². The summed E-state index contributed by atoms with van der Waals surface area (Å²) >= 11 is 0. The highest BCUT2D eigenvalue weighted by Crippen LogP contribution is 2.19. The third-order valence-electron chi connectivity index (χ3n) is 4.79. The van der Waals surface area contributed by atoms with E-state index >= 15 is 0 Å². The van der Waals surface area contributed by atoms with Crippen LogP contribution in [0.15, 0.2) is 49.1 Å². The maximum Gasteiger partial charge on any atom is 0.315 e. The number of piperidine rings is 1. The fraction of sp³-hybridized carbons (Fsp3) is 0.474. The molecule has 1 aromatic heterocycles. The second kappa shape index (κ2) is 8.67. The van der Waals surface area contributed by atoms with Crippen LogP contribution in [0.3, 0.4) is 0 Å². The largest absolute Gasteiger partial charge is 0.336 e. The number of nitrogens with zero attached hydrogens (tertiary/aromatic N) is 3. The second-order valence-electron chi connectivity index (χ2n) is 6.73. The van der Waals surface area contributed by atoms with E-state index in [9.17, 15) is 4.79 Å². The summed E-state index contributed by atoms with van der Waals surface area (Å²) in [4.78, 5) is 18.5. The molecule has 1 aromatic carbocycles. The first-order valence-electron chi connectivity index (χ1n) is 8.99. The summed E-state index contributed by atoms with van der Waals surface area (Å²) < 4.78 is 1.95. The van der Waals surface area contributed by atoms with E-state index in [2.05, 4.69) is 57.8 Å². The zero-order valence-corrected chi connectivity index (χ0v) is 14.8. The molecule has 6 nitrogen and oxygen atoms in total. The van der Waals surface area contributed by atoms with Crippen molar-refractivity contribution in [1.82, 2.24) is 25.1 Å². The molecule has 0 radical (unpaired) electrons. The van der Waals surface area contributed by atoms with Gasteiger partial charge in [-0.2, -0.15) is 0 Å². The fourth-order valence-electron chi connectivity index (χ4n) is 3.36. The van der Waals surface area contributed by atoms with Gasteiger partial charge in [-0.1, -0.05) is 30.3 Å². The Balaban J connectivity index is 1.38. The number of carbonyl (C=O) groups is 1. The molecule has 2 atom stereocenters. The predicted octanol–water partition coefficient (Wildman–Crippen LogP) is 2.24. The molecule has 0 aliphatic carbocycles. The molecule has 6 heteroatoms. The third-order valence-corrected chi connectivity index (χ3v) is 4.79. The van der Waals surface area contributed by atoms with Gasteiger partial charge < -0.3 is 15.2 Å². The molecular formula is C19H27N5O. The van der Waals surface area contributed by atoms with Crippen molar-refractivity contribution in [3.8, 4) is 0 Å². The van der Waals surface area contributed by atoms with Crippen LogP contribution in [-0.2, 0) is 13.1 Å². The fourth-order valence-corrected chi connectivity index (χ4v) is 3.36. The lowest BCUT2D eigenvalue weighted by Gasteiger charge is -2.38. The van der Waals surface area contributed by atoms with Crippen LogP contribution < -0.4 is 10.6 Å². The van der Waals surface area contributed by atoms with Crippen molar-refractivity contribution in [3.05, 3.63) is 54.6 Å². The number of hydrogen-bond donors (Lipinski definition) is 2. The number of nitrogens with one attached hydrogen (secondary N) is 2. The highest BCUT2D eigenvalue weighted by molar-refractivity contribution is 5.74. The van der Waals surface area contributed by atoms with Gasteiger partial charge >= 0.3 is 6.03 Å². The van der Waals surface area contributed by atoms with Crippen molar-refractivity contribution in [2.24, 2.45) is 0 Å². The molecule has 0 bridgehead atoms. The van der Waals surface area contributed by atoms with E-state index in [4.69, 9.17) is 0 Å². The normalized spacial score (nSPS) is 21.0. The van der Waals surface area contributed by atoms with Crippen LogP contribution in [0.2, 0.25) is 0 Å². The van der Waals surface area contributed by atoms with Gasteiger partial charge in [0.05, 0.1) is 6.33 Å². The average Bonchev–Trinajstić information content (AvgIpc) is 3.12. The van der Waals surface area contributed by atoms with Crippen LogP contribution in [0.25, 0.3) is 0 Å². The first-order chi connectivity index (χ1) is 12.2. The van der Waals surface area contributed by atoms with Crippen molar-refractivity contribution in [2.45, 2.75) is 44.9 Å². The van der Waals surface area contributed by atoms with Gasteiger partial charge in [0.25, 0.3) is 0 Å². The topological polar surface area (TPSA) is 62.2 Å². The van der Waals surface area contributed by atoms with Gasteiger partial charge in [-0.05, 0) is 25.3 Å². The van der Waals surface area contributed by atoms with E-state index < -0.39 is 0 Å². The lowest BCUT2D eigenvalue weighted by molar-refractivity contribution is 0.130. The molecule has 0 spiro atoms. The Kier molecular flexibility index (Phi) is 6.06. The van der Waals surface area contributed by atoms with Crippen LogP contribution in [0.5, 0.6) is 0 Å². The molecule has 2 aromatic rings. The minimum Gasteiger partial charge on any atom is -0.336 e. The number of rotatable bonds is 6. The molecule has 25 heavy (non-hydrogen) atoms. The van der Waals surface area contributed by atoms with Crippen LogP contribution in [0.1, 0.15) is 25.3 Å². The van der Waals surface area contributed by atoms with Gasteiger partial charge in [-0.25, -0.2) is 9.78 Å². The zero-order valence-electron chi connectivity index (χ0n) is 14.8. The number of carbonyl (C=O) groups excluding carboxylic acids is 1. The third kappa shape index (κ3) is 5.32. The number of hydrogen-bond acceptors (Lipinski definition) is 3. The van der Waals surface area contributed by atoms with E-state index in [-0.39, 0.29) is 12.1 Å². The maximum absolute atomic E-state index is 12.1. The molecule has 134 valence electrons. The minimum absolute atomic E-state index is 0.0752. The van der Waals surface area contributed by atoms with Gasteiger partial charge in [-0.3, -0.25) is 4.90 Å². The van der Waals surface area contributed by atoms with Crippen molar-refractivity contribution < 1.29 is 4.79 Å². The van der Waals surface area contributed by atoms with E-state index in [0.717, 1.165) is 32.5 Å². The molecule has 2 heterocycles. The Bertz CT molecular complexity index is 643. The van der Waals surface area contributed by atoms with E-state index in [1.807, 2.05) is 10.8 Å².